The van der Waals surface area contributed by atoms with E-state index >= 15 is 0 Å². The molecule has 0 aliphatic rings. The number of nitrogens with two attached hydrogens (primary N) is 1. The number of hydrogen-bond acceptors (Lipinski definition) is 3. The summed E-state index contributed by atoms with van der Waals surface area (Å²) >= 11 is 0. The van der Waals surface area contributed by atoms with E-state index in [9.17, 15) is 4.79 Å². The Hall–Kier alpha value is -1.55. The molecule has 1 amide bonds. The number of carbonyl (C=O) groups is 1. The number of hydrogen-bond donors (Lipinski definition) is 2. The molecular formula is C13H20N2O2. The summed E-state index contributed by atoms with van der Waals surface area (Å²) < 4.78 is 5.42. The van der Waals surface area contributed by atoms with Crippen LogP contribution in [0.1, 0.15) is 20.8 Å². The second-order valence-electron chi connectivity index (χ2n) is 4.19. The van der Waals surface area contributed by atoms with Gasteiger partial charge in [0.2, 0.25) is 5.91 Å². The number of carbonyl (C=O) groups excluding carboxylic acids is 1. The zero-order valence-electron chi connectivity index (χ0n) is 10.6. The van der Waals surface area contributed by atoms with E-state index in [1.165, 1.54) is 0 Å². The maximum Gasteiger partial charge on any atom is 0.241 e. The molecular weight excluding hydrogens is 216 g/mol. The minimum Gasteiger partial charge on any atom is -0.492 e. The van der Waals surface area contributed by atoms with Crippen LogP contribution in [-0.4, -0.2) is 18.6 Å². The van der Waals surface area contributed by atoms with Crippen LogP contribution in [0.4, 0.5) is 5.69 Å². The fraction of sp³-hybridized carbons (Fsp3) is 0.462. The molecule has 1 atom stereocenters. The molecule has 1 aromatic carbocycles. The van der Waals surface area contributed by atoms with Crippen molar-refractivity contribution >= 4 is 11.6 Å². The summed E-state index contributed by atoms with van der Waals surface area (Å²) in [7, 11) is 0. The van der Waals surface area contributed by atoms with Gasteiger partial charge in [0, 0.05) is 0 Å². The maximum atomic E-state index is 11.8. The van der Waals surface area contributed by atoms with Crippen molar-refractivity contribution in [3.05, 3.63) is 24.3 Å². The molecule has 0 radical (unpaired) electrons. The molecule has 0 aliphatic heterocycles. The van der Waals surface area contributed by atoms with Crippen molar-refractivity contribution in [3.63, 3.8) is 0 Å². The third-order valence-electron chi connectivity index (χ3n) is 2.47. The van der Waals surface area contributed by atoms with E-state index in [0.717, 1.165) is 0 Å². The normalized spacial score (nSPS) is 12.3. The molecule has 0 heterocycles. The summed E-state index contributed by atoms with van der Waals surface area (Å²) in [5, 5.41) is 2.79. The molecule has 4 heteroatoms. The summed E-state index contributed by atoms with van der Waals surface area (Å²) in [5.41, 5.74) is 6.44. The van der Waals surface area contributed by atoms with Crippen molar-refractivity contribution in [1.82, 2.24) is 0 Å². The zero-order valence-corrected chi connectivity index (χ0v) is 10.6. The number of amides is 1. The average Bonchev–Trinajstić information content (AvgIpc) is 2.30. The molecule has 0 aliphatic carbocycles. The van der Waals surface area contributed by atoms with Crippen LogP contribution in [0.3, 0.4) is 0 Å². The monoisotopic (exact) mass is 236 g/mol. The first kappa shape index (κ1) is 13.5. The largest absolute Gasteiger partial charge is 0.492 e. The Morgan fingerprint density at radius 1 is 1.41 bits per heavy atom. The minimum absolute atomic E-state index is 0.106. The summed E-state index contributed by atoms with van der Waals surface area (Å²) in [5.74, 6) is 0.584. The fourth-order valence-corrected chi connectivity index (χ4v) is 1.37. The van der Waals surface area contributed by atoms with Gasteiger partial charge in [0.25, 0.3) is 0 Å². The first-order valence-corrected chi connectivity index (χ1v) is 5.84. The Bertz CT molecular complexity index is 377. The molecule has 0 aromatic heterocycles. The Balaban J connectivity index is 2.77. The van der Waals surface area contributed by atoms with Crippen molar-refractivity contribution in [2.75, 3.05) is 11.9 Å². The van der Waals surface area contributed by atoms with Crippen LogP contribution in [0.2, 0.25) is 0 Å². The predicted molar refractivity (Wildman–Crippen MR) is 69.1 cm³/mol. The third kappa shape index (κ3) is 3.75. The van der Waals surface area contributed by atoms with E-state index in [1.54, 1.807) is 6.07 Å². The third-order valence-corrected chi connectivity index (χ3v) is 2.47. The van der Waals surface area contributed by atoms with E-state index in [0.29, 0.717) is 18.0 Å². The highest BCUT2D eigenvalue weighted by atomic mass is 16.5. The number of nitrogens with one attached hydrogen (secondary N) is 1. The number of ether oxygens (including phenoxy) is 1. The van der Waals surface area contributed by atoms with Crippen molar-refractivity contribution in [3.8, 4) is 5.75 Å². The highest BCUT2D eigenvalue weighted by molar-refractivity contribution is 5.96. The second kappa shape index (κ2) is 6.25. The smallest absolute Gasteiger partial charge is 0.241 e. The maximum absolute atomic E-state index is 11.8. The molecule has 0 fully saturated rings. The molecule has 4 nitrogen and oxygen atoms in total. The van der Waals surface area contributed by atoms with Gasteiger partial charge in [-0.25, -0.2) is 0 Å². The van der Waals surface area contributed by atoms with E-state index in [2.05, 4.69) is 5.32 Å². The van der Waals surface area contributed by atoms with Gasteiger partial charge in [-0.15, -0.1) is 0 Å². The Kier molecular flexibility index (Phi) is 4.97. The van der Waals surface area contributed by atoms with Crippen LogP contribution in [-0.2, 0) is 4.79 Å². The SMILES string of the molecule is CCOc1ccccc1NC(=O)[C@@H](N)C(C)C. The van der Waals surface area contributed by atoms with Crippen LogP contribution >= 0.6 is 0 Å². The molecule has 0 saturated carbocycles. The molecule has 0 saturated heterocycles. The lowest BCUT2D eigenvalue weighted by Crippen LogP contribution is -2.39. The van der Waals surface area contributed by atoms with Crippen LogP contribution in [0, 0.1) is 5.92 Å². The van der Waals surface area contributed by atoms with Crippen LogP contribution in [0.25, 0.3) is 0 Å². The summed E-state index contributed by atoms with van der Waals surface area (Å²) in [4.78, 5) is 11.8. The molecule has 0 bridgehead atoms. The molecule has 3 N–H and O–H groups in total. The van der Waals surface area contributed by atoms with Crippen molar-refractivity contribution < 1.29 is 9.53 Å². The standard InChI is InChI=1S/C13H20N2O2/c1-4-17-11-8-6-5-7-10(11)15-13(16)12(14)9(2)3/h5-9,12H,4,14H2,1-3H3,(H,15,16)/t12-/m0/s1. The van der Waals surface area contributed by atoms with Crippen molar-refractivity contribution in [2.24, 2.45) is 11.7 Å². The quantitative estimate of drug-likeness (QED) is 0.822. The summed E-state index contributed by atoms with van der Waals surface area (Å²) in [6.07, 6.45) is 0. The van der Waals surface area contributed by atoms with Crippen LogP contribution < -0.4 is 15.8 Å². The van der Waals surface area contributed by atoms with E-state index in [1.807, 2.05) is 39.0 Å². The molecule has 1 rings (SSSR count). The number of benzene rings is 1. The number of anilines is 1. The highest BCUT2D eigenvalue weighted by Gasteiger charge is 2.18. The van der Waals surface area contributed by atoms with Gasteiger partial charge in [0.15, 0.2) is 0 Å². The number of para-hydroxylation sites is 2. The fourth-order valence-electron chi connectivity index (χ4n) is 1.37. The van der Waals surface area contributed by atoms with Crippen molar-refractivity contribution in [2.45, 2.75) is 26.8 Å². The van der Waals surface area contributed by atoms with Crippen LogP contribution in [0.5, 0.6) is 5.75 Å². The van der Waals surface area contributed by atoms with Crippen molar-refractivity contribution in [1.29, 1.82) is 0 Å². The van der Waals surface area contributed by atoms with Gasteiger partial charge in [-0.2, -0.15) is 0 Å². The van der Waals surface area contributed by atoms with Gasteiger partial charge in [0.05, 0.1) is 18.3 Å². The summed E-state index contributed by atoms with van der Waals surface area (Å²) in [6, 6.07) is 6.82. The van der Waals surface area contributed by atoms with E-state index in [4.69, 9.17) is 10.5 Å². The average molecular weight is 236 g/mol. The minimum atomic E-state index is -0.510. The predicted octanol–water partition coefficient (Wildman–Crippen LogP) is 2.01. The lowest BCUT2D eigenvalue weighted by Gasteiger charge is -2.17. The Labute approximate surface area is 102 Å². The van der Waals surface area contributed by atoms with E-state index < -0.39 is 6.04 Å². The van der Waals surface area contributed by atoms with Gasteiger partial charge in [-0.05, 0) is 25.0 Å². The zero-order chi connectivity index (χ0) is 12.8. The lowest BCUT2D eigenvalue weighted by molar-refractivity contribution is -0.118. The lowest BCUT2D eigenvalue weighted by atomic mass is 10.0. The first-order valence-electron chi connectivity index (χ1n) is 5.84. The molecule has 0 spiro atoms. The molecule has 1 aromatic rings. The molecule has 94 valence electrons. The van der Waals surface area contributed by atoms with Crippen LogP contribution in [0.15, 0.2) is 24.3 Å². The summed E-state index contributed by atoms with van der Waals surface area (Å²) in [6.45, 7) is 6.29. The van der Waals surface area contributed by atoms with Gasteiger partial charge < -0.3 is 15.8 Å². The van der Waals surface area contributed by atoms with Gasteiger partial charge in [0.1, 0.15) is 5.75 Å². The topological polar surface area (TPSA) is 64.3 Å². The van der Waals surface area contributed by atoms with Gasteiger partial charge in [-0.3, -0.25) is 4.79 Å². The molecule has 0 unspecified atom stereocenters. The van der Waals surface area contributed by atoms with E-state index in [-0.39, 0.29) is 11.8 Å². The highest BCUT2D eigenvalue weighted by Crippen LogP contribution is 2.23. The van der Waals surface area contributed by atoms with Gasteiger partial charge in [-0.1, -0.05) is 26.0 Å². The number of rotatable bonds is 5. The Morgan fingerprint density at radius 2 is 2.06 bits per heavy atom. The van der Waals surface area contributed by atoms with Gasteiger partial charge >= 0.3 is 0 Å². The molecule has 17 heavy (non-hydrogen) atoms. The second-order valence-corrected chi connectivity index (χ2v) is 4.19. The Morgan fingerprint density at radius 3 is 2.65 bits per heavy atom. The first-order chi connectivity index (χ1) is 8.06.